The minimum atomic E-state index is -0.533. The van der Waals surface area contributed by atoms with Crippen LogP contribution in [-0.2, 0) is 11.2 Å². The number of carbonyl (C=O) groups is 1. The van der Waals surface area contributed by atoms with E-state index in [1.807, 2.05) is 0 Å². The molecule has 0 aliphatic rings. The van der Waals surface area contributed by atoms with Gasteiger partial charge in [-0.05, 0) is 12.1 Å². The van der Waals surface area contributed by atoms with Gasteiger partial charge >= 0.3 is 6.09 Å². The largest absolute Gasteiger partial charge is 0.453 e. The van der Waals surface area contributed by atoms with Crippen LogP contribution in [0.3, 0.4) is 0 Å². The Balaban J connectivity index is 2.00. The van der Waals surface area contributed by atoms with Gasteiger partial charge < -0.3 is 14.5 Å². The molecule has 6 nitrogen and oxygen atoms in total. The molecule has 0 saturated carbocycles. The van der Waals surface area contributed by atoms with E-state index in [-0.39, 0.29) is 11.5 Å². The van der Waals surface area contributed by atoms with Crippen molar-refractivity contribution in [3.05, 3.63) is 36.0 Å². The number of benzene rings is 1. The predicted octanol–water partition coefficient (Wildman–Crippen LogP) is 1.77. The quantitative estimate of drug-likeness (QED) is 0.911. The van der Waals surface area contributed by atoms with Gasteiger partial charge in [0, 0.05) is 13.0 Å². The number of nitrogens with zero attached hydrogens (tertiary/aromatic N) is 2. The fourth-order valence-corrected chi connectivity index (χ4v) is 1.44. The van der Waals surface area contributed by atoms with Gasteiger partial charge in [-0.15, -0.1) is 10.2 Å². The second kappa shape index (κ2) is 5.94. The Bertz CT molecular complexity index is 571. The SMILES string of the molecule is COC(=O)NCCc1nnc(-c2ccccc2F)o1. The summed E-state index contributed by atoms with van der Waals surface area (Å²) in [6.45, 7) is 0.297. The van der Waals surface area contributed by atoms with Gasteiger partial charge in [-0.25, -0.2) is 9.18 Å². The average Bonchev–Trinajstić information content (AvgIpc) is 2.87. The Morgan fingerprint density at radius 2 is 2.21 bits per heavy atom. The van der Waals surface area contributed by atoms with E-state index in [1.165, 1.54) is 13.2 Å². The van der Waals surface area contributed by atoms with Crippen LogP contribution < -0.4 is 5.32 Å². The third-order valence-electron chi connectivity index (χ3n) is 2.36. The number of carbonyl (C=O) groups excluding carboxylic acids is 1. The van der Waals surface area contributed by atoms with Gasteiger partial charge in [0.15, 0.2) is 0 Å². The van der Waals surface area contributed by atoms with Crippen LogP contribution in [0, 0.1) is 5.82 Å². The minimum Gasteiger partial charge on any atom is -0.453 e. The monoisotopic (exact) mass is 265 g/mol. The summed E-state index contributed by atoms with van der Waals surface area (Å²) < 4.78 is 23.2. The average molecular weight is 265 g/mol. The van der Waals surface area contributed by atoms with Crippen molar-refractivity contribution in [2.24, 2.45) is 0 Å². The van der Waals surface area contributed by atoms with Gasteiger partial charge in [0.25, 0.3) is 5.89 Å². The molecule has 0 saturated heterocycles. The van der Waals surface area contributed by atoms with Crippen LogP contribution in [0.1, 0.15) is 5.89 Å². The Morgan fingerprint density at radius 3 is 2.95 bits per heavy atom. The van der Waals surface area contributed by atoms with E-state index in [9.17, 15) is 9.18 Å². The first kappa shape index (κ1) is 13.0. The van der Waals surface area contributed by atoms with Crippen LogP contribution in [0.25, 0.3) is 11.5 Å². The molecular weight excluding hydrogens is 253 g/mol. The maximum absolute atomic E-state index is 13.5. The van der Waals surface area contributed by atoms with E-state index >= 15 is 0 Å². The van der Waals surface area contributed by atoms with Crippen LogP contribution in [0.5, 0.6) is 0 Å². The van der Waals surface area contributed by atoms with E-state index in [2.05, 4.69) is 20.3 Å². The Labute approximate surface area is 108 Å². The molecule has 0 atom stereocenters. The molecule has 100 valence electrons. The lowest BCUT2D eigenvalue weighted by Crippen LogP contribution is -2.25. The summed E-state index contributed by atoms with van der Waals surface area (Å²) in [6, 6.07) is 6.13. The van der Waals surface area contributed by atoms with Crippen molar-refractivity contribution in [3.63, 3.8) is 0 Å². The highest BCUT2D eigenvalue weighted by atomic mass is 19.1. The molecule has 7 heteroatoms. The van der Waals surface area contributed by atoms with Gasteiger partial charge in [-0.3, -0.25) is 0 Å². The van der Waals surface area contributed by atoms with Crippen LogP contribution >= 0.6 is 0 Å². The van der Waals surface area contributed by atoms with E-state index in [4.69, 9.17) is 4.42 Å². The summed E-state index contributed by atoms with van der Waals surface area (Å²) in [5, 5.41) is 10.0. The van der Waals surface area contributed by atoms with Crippen molar-refractivity contribution in [1.29, 1.82) is 0 Å². The summed E-state index contributed by atoms with van der Waals surface area (Å²) in [6.07, 6.45) is -0.190. The summed E-state index contributed by atoms with van der Waals surface area (Å²) in [5.74, 6) is 0.00575. The molecule has 0 aliphatic heterocycles. The zero-order chi connectivity index (χ0) is 13.7. The lowest BCUT2D eigenvalue weighted by molar-refractivity contribution is 0.171. The molecular formula is C12H12FN3O3. The topological polar surface area (TPSA) is 77.2 Å². The summed E-state index contributed by atoms with van der Waals surface area (Å²) in [7, 11) is 1.28. The molecule has 0 radical (unpaired) electrons. The normalized spacial score (nSPS) is 10.2. The third kappa shape index (κ3) is 3.27. The lowest BCUT2D eigenvalue weighted by atomic mass is 10.2. The van der Waals surface area contributed by atoms with Crippen molar-refractivity contribution in [1.82, 2.24) is 15.5 Å². The van der Waals surface area contributed by atoms with Crippen LogP contribution in [-0.4, -0.2) is 29.9 Å². The highest BCUT2D eigenvalue weighted by Gasteiger charge is 2.12. The first-order valence-corrected chi connectivity index (χ1v) is 5.60. The number of amides is 1. The standard InChI is InChI=1S/C12H12FN3O3/c1-18-12(17)14-7-6-10-15-16-11(19-10)8-4-2-3-5-9(8)13/h2-5H,6-7H2,1H3,(H,14,17). The van der Waals surface area contributed by atoms with E-state index in [1.54, 1.807) is 18.2 Å². The Kier molecular flexibility index (Phi) is 4.07. The van der Waals surface area contributed by atoms with Crippen LogP contribution in [0.2, 0.25) is 0 Å². The molecule has 2 rings (SSSR count). The molecule has 1 aromatic heterocycles. The van der Waals surface area contributed by atoms with Gasteiger partial charge in [-0.1, -0.05) is 12.1 Å². The van der Waals surface area contributed by atoms with Gasteiger partial charge in [-0.2, -0.15) is 0 Å². The van der Waals surface area contributed by atoms with Crippen molar-refractivity contribution >= 4 is 6.09 Å². The molecule has 19 heavy (non-hydrogen) atoms. The fraction of sp³-hybridized carbons (Fsp3) is 0.250. The van der Waals surface area contributed by atoms with Crippen LogP contribution in [0.4, 0.5) is 9.18 Å². The molecule has 2 aromatic rings. The number of nitrogens with one attached hydrogen (secondary N) is 1. The highest BCUT2D eigenvalue weighted by molar-refractivity contribution is 5.66. The molecule has 0 fully saturated rings. The number of hydrogen-bond donors (Lipinski definition) is 1. The maximum Gasteiger partial charge on any atom is 0.406 e. The molecule has 0 unspecified atom stereocenters. The van der Waals surface area contributed by atoms with Crippen molar-refractivity contribution in [2.45, 2.75) is 6.42 Å². The van der Waals surface area contributed by atoms with Crippen molar-refractivity contribution in [3.8, 4) is 11.5 Å². The summed E-state index contributed by atoms with van der Waals surface area (Å²) in [5.41, 5.74) is 0.252. The molecule has 1 amide bonds. The van der Waals surface area contributed by atoms with E-state index in [0.717, 1.165) is 0 Å². The minimum absolute atomic E-state index is 0.117. The number of hydrogen-bond acceptors (Lipinski definition) is 5. The highest BCUT2D eigenvalue weighted by Crippen LogP contribution is 2.20. The Hall–Kier alpha value is -2.44. The summed E-state index contributed by atoms with van der Waals surface area (Å²) >= 11 is 0. The number of aromatic nitrogens is 2. The molecule has 0 bridgehead atoms. The first-order chi connectivity index (χ1) is 9.20. The zero-order valence-electron chi connectivity index (χ0n) is 10.2. The summed E-state index contributed by atoms with van der Waals surface area (Å²) in [4.78, 5) is 10.8. The Morgan fingerprint density at radius 1 is 1.42 bits per heavy atom. The first-order valence-electron chi connectivity index (χ1n) is 5.60. The molecule has 0 spiro atoms. The molecule has 1 heterocycles. The van der Waals surface area contributed by atoms with Crippen LogP contribution in [0.15, 0.2) is 28.7 Å². The predicted molar refractivity (Wildman–Crippen MR) is 63.8 cm³/mol. The van der Waals surface area contributed by atoms with Crippen molar-refractivity contribution < 1.29 is 18.3 Å². The lowest BCUT2D eigenvalue weighted by Gasteiger charge is -2.00. The van der Waals surface area contributed by atoms with E-state index in [0.29, 0.717) is 18.9 Å². The number of rotatable bonds is 4. The molecule has 1 N–H and O–H groups in total. The van der Waals surface area contributed by atoms with E-state index < -0.39 is 11.9 Å². The fourth-order valence-electron chi connectivity index (χ4n) is 1.44. The number of methoxy groups -OCH3 is 1. The van der Waals surface area contributed by atoms with Gasteiger partial charge in [0.05, 0.1) is 12.7 Å². The second-order valence-electron chi connectivity index (χ2n) is 3.65. The number of ether oxygens (including phenoxy) is 1. The zero-order valence-corrected chi connectivity index (χ0v) is 10.2. The van der Waals surface area contributed by atoms with Gasteiger partial charge in [0.2, 0.25) is 5.89 Å². The number of alkyl carbamates (subject to hydrolysis) is 1. The third-order valence-corrected chi connectivity index (χ3v) is 2.36. The molecule has 1 aromatic carbocycles. The van der Waals surface area contributed by atoms with Gasteiger partial charge in [0.1, 0.15) is 5.82 Å². The molecule has 0 aliphatic carbocycles. The maximum atomic E-state index is 13.5. The number of halogens is 1. The second-order valence-corrected chi connectivity index (χ2v) is 3.65. The smallest absolute Gasteiger partial charge is 0.406 e. The van der Waals surface area contributed by atoms with Crippen molar-refractivity contribution in [2.75, 3.05) is 13.7 Å².